The van der Waals surface area contributed by atoms with Gasteiger partial charge in [0.15, 0.2) is 0 Å². The number of hydrogen-bond acceptors (Lipinski definition) is 4. The molecular weight excluding hydrogens is 252 g/mol. The van der Waals surface area contributed by atoms with Crippen LogP contribution in [0.1, 0.15) is 16.8 Å². The molecule has 1 rings (SSSR count). The molecule has 0 spiro atoms. The predicted octanol–water partition coefficient (Wildman–Crippen LogP) is 0.563. The maximum Gasteiger partial charge on any atom is 0.269 e. The highest BCUT2D eigenvalue weighted by Crippen LogP contribution is 2.01. The third kappa shape index (κ3) is 5.70. The maximum absolute atomic E-state index is 11.6. The van der Waals surface area contributed by atoms with Crippen molar-refractivity contribution in [3.05, 3.63) is 35.9 Å². The second-order valence-corrected chi connectivity index (χ2v) is 4.60. The molecule has 6 heteroatoms. The lowest BCUT2D eigenvalue weighted by atomic mass is 10.2. The Morgan fingerprint density at radius 3 is 2.56 bits per heavy atom. The number of hydrazine groups is 1. The third-order valence-corrected chi connectivity index (χ3v) is 3.08. The van der Waals surface area contributed by atoms with Crippen molar-refractivity contribution in [1.82, 2.24) is 10.9 Å². The molecule has 5 nitrogen and oxygen atoms in total. The summed E-state index contributed by atoms with van der Waals surface area (Å²) < 4.78 is 0. The van der Waals surface area contributed by atoms with Gasteiger partial charge in [-0.1, -0.05) is 18.2 Å². The molecule has 18 heavy (non-hydrogen) atoms. The molecule has 0 bridgehead atoms. The Morgan fingerprint density at radius 2 is 1.89 bits per heavy atom. The second kappa shape index (κ2) is 8.54. The number of thioether (sulfide) groups is 1. The molecule has 98 valence electrons. The first-order chi connectivity index (χ1) is 8.74. The van der Waals surface area contributed by atoms with Gasteiger partial charge in [0.1, 0.15) is 0 Å². The number of rotatable bonds is 6. The molecule has 0 atom stereocenters. The molecular formula is C12H16N2O3S. The van der Waals surface area contributed by atoms with Gasteiger partial charge >= 0.3 is 0 Å². The summed E-state index contributed by atoms with van der Waals surface area (Å²) in [6.45, 7) is 0.124. The van der Waals surface area contributed by atoms with E-state index in [0.717, 1.165) is 5.75 Å². The van der Waals surface area contributed by atoms with Crippen LogP contribution in [-0.2, 0) is 4.79 Å². The van der Waals surface area contributed by atoms with E-state index >= 15 is 0 Å². The average molecular weight is 268 g/mol. The van der Waals surface area contributed by atoms with Gasteiger partial charge in [0.25, 0.3) is 5.91 Å². The number of amides is 2. The maximum atomic E-state index is 11.6. The summed E-state index contributed by atoms with van der Waals surface area (Å²) in [6, 6.07) is 8.64. The van der Waals surface area contributed by atoms with E-state index in [1.54, 1.807) is 24.3 Å². The first kappa shape index (κ1) is 14.5. The first-order valence-electron chi connectivity index (χ1n) is 5.57. The molecule has 0 aromatic heterocycles. The van der Waals surface area contributed by atoms with Gasteiger partial charge in [-0.25, -0.2) is 0 Å². The van der Waals surface area contributed by atoms with Gasteiger partial charge in [0.05, 0.1) is 5.75 Å². The van der Waals surface area contributed by atoms with E-state index in [4.69, 9.17) is 5.11 Å². The fraction of sp³-hybridized carbons (Fsp3) is 0.333. The molecule has 2 amide bonds. The Kier molecular flexibility index (Phi) is 6.90. The van der Waals surface area contributed by atoms with Crippen molar-refractivity contribution in [3.8, 4) is 0 Å². The lowest BCUT2D eigenvalue weighted by molar-refractivity contribution is -0.119. The van der Waals surface area contributed by atoms with E-state index in [9.17, 15) is 9.59 Å². The summed E-state index contributed by atoms with van der Waals surface area (Å²) in [6.07, 6.45) is 0.661. The standard InChI is InChI=1S/C12H16N2O3S/c15-7-4-8-18-9-11(16)13-14-12(17)10-5-2-1-3-6-10/h1-3,5-6,15H,4,7-9H2,(H,13,16)(H,14,17). The first-order valence-corrected chi connectivity index (χ1v) is 6.72. The predicted molar refractivity (Wildman–Crippen MR) is 71.1 cm³/mol. The van der Waals surface area contributed by atoms with Crippen LogP contribution in [0.4, 0.5) is 0 Å². The van der Waals surface area contributed by atoms with Crippen LogP contribution in [0, 0.1) is 0 Å². The SMILES string of the molecule is O=C(CSCCCO)NNC(=O)c1ccccc1. The van der Waals surface area contributed by atoms with Gasteiger partial charge < -0.3 is 5.11 Å². The monoisotopic (exact) mass is 268 g/mol. The number of benzene rings is 1. The molecule has 0 unspecified atom stereocenters. The van der Waals surface area contributed by atoms with Crippen molar-refractivity contribution in [1.29, 1.82) is 0 Å². The van der Waals surface area contributed by atoms with Crippen LogP contribution in [0.3, 0.4) is 0 Å². The van der Waals surface area contributed by atoms with Gasteiger partial charge in [-0.05, 0) is 24.3 Å². The van der Waals surface area contributed by atoms with E-state index in [0.29, 0.717) is 12.0 Å². The third-order valence-electron chi connectivity index (χ3n) is 2.03. The van der Waals surface area contributed by atoms with Crippen LogP contribution in [-0.4, -0.2) is 35.0 Å². The summed E-state index contributed by atoms with van der Waals surface area (Å²) in [7, 11) is 0. The smallest absolute Gasteiger partial charge is 0.269 e. The average Bonchev–Trinajstić information content (AvgIpc) is 2.42. The fourth-order valence-electron chi connectivity index (χ4n) is 1.16. The number of aliphatic hydroxyl groups excluding tert-OH is 1. The summed E-state index contributed by atoms with van der Waals surface area (Å²) in [5.41, 5.74) is 5.17. The Hall–Kier alpha value is -1.53. The van der Waals surface area contributed by atoms with Gasteiger partial charge in [0, 0.05) is 12.2 Å². The van der Waals surface area contributed by atoms with Crippen LogP contribution in [0.25, 0.3) is 0 Å². The molecule has 3 N–H and O–H groups in total. The van der Waals surface area contributed by atoms with Crippen molar-refractivity contribution in [2.45, 2.75) is 6.42 Å². The highest BCUT2D eigenvalue weighted by atomic mass is 32.2. The van der Waals surface area contributed by atoms with Crippen molar-refractivity contribution in [3.63, 3.8) is 0 Å². The largest absolute Gasteiger partial charge is 0.396 e. The molecule has 0 fully saturated rings. The van der Waals surface area contributed by atoms with E-state index in [-0.39, 0.29) is 24.2 Å². The summed E-state index contributed by atoms with van der Waals surface area (Å²) in [5.74, 6) is 0.373. The van der Waals surface area contributed by atoms with E-state index in [1.807, 2.05) is 6.07 Å². The molecule has 0 aliphatic carbocycles. The number of carbonyl (C=O) groups is 2. The number of hydrogen-bond donors (Lipinski definition) is 3. The van der Waals surface area contributed by atoms with Gasteiger partial charge in [0.2, 0.25) is 5.91 Å². The lowest BCUT2D eigenvalue weighted by Crippen LogP contribution is -2.42. The van der Waals surface area contributed by atoms with E-state index in [2.05, 4.69) is 10.9 Å². The van der Waals surface area contributed by atoms with Crippen LogP contribution in [0.2, 0.25) is 0 Å². The summed E-state index contributed by atoms with van der Waals surface area (Å²) in [4.78, 5) is 22.9. The number of carbonyl (C=O) groups excluding carboxylic acids is 2. The minimum atomic E-state index is -0.343. The zero-order valence-corrected chi connectivity index (χ0v) is 10.7. The van der Waals surface area contributed by atoms with E-state index in [1.165, 1.54) is 11.8 Å². The Morgan fingerprint density at radius 1 is 1.17 bits per heavy atom. The topological polar surface area (TPSA) is 78.4 Å². The summed E-state index contributed by atoms with van der Waals surface area (Å²) >= 11 is 1.41. The molecule has 1 aromatic rings. The highest BCUT2D eigenvalue weighted by Gasteiger charge is 2.06. The Balaban J connectivity index is 2.20. The Labute approximate surface area is 110 Å². The van der Waals surface area contributed by atoms with Crippen LogP contribution >= 0.6 is 11.8 Å². The van der Waals surface area contributed by atoms with E-state index < -0.39 is 0 Å². The zero-order chi connectivity index (χ0) is 13.2. The Bertz CT molecular complexity index is 384. The molecule has 0 aliphatic heterocycles. The number of nitrogens with one attached hydrogen (secondary N) is 2. The van der Waals surface area contributed by atoms with Crippen LogP contribution < -0.4 is 10.9 Å². The minimum absolute atomic E-state index is 0.124. The normalized spacial score (nSPS) is 9.83. The van der Waals surface area contributed by atoms with Gasteiger partial charge in [-0.3, -0.25) is 20.4 Å². The molecule has 0 radical (unpaired) electrons. The summed E-state index contributed by atoms with van der Waals surface area (Å²) in [5, 5.41) is 8.56. The minimum Gasteiger partial charge on any atom is -0.396 e. The fourth-order valence-corrected chi connectivity index (χ4v) is 1.89. The van der Waals surface area contributed by atoms with Gasteiger partial charge in [-0.15, -0.1) is 0 Å². The van der Waals surface area contributed by atoms with Crippen LogP contribution in [0.15, 0.2) is 30.3 Å². The lowest BCUT2D eigenvalue weighted by Gasteiger charge is -2.06. The molecule has 0 saturated carbocycles. The van der Waals surface area contributed by atoms with Crippen LogP contribution in [0.5, 0.6) is 0 Å². The van der Waals surface area contributed by atoms with Crippen molar-refractivity contribution >= 4 is 23.6 Å². The molecule has 0 saturated heterocycles. The molecule has 0 aliphatic rings. The number of aliphatic hydroxyl groups is 1. The zero-order valence-electron chi connectivity index (χ0n) is 9.89. The van der Waals surface area contributed by atoms with Crippen molar-refractivity contribution in [2.75, 3.05) is 18.1 Å². The highest BCUT2D eigenvalue weighted by molar-refractivity contribution is 7.99. The molecule has 0 heterocycles. The second-order valence-electron chi connectivity index (χ2n) is 3.50. The molecule has 1 aromatic carbocycles. The van der Waals surface area contributed by atoms with Crippen molar-refractivity contribution in [2.24, 2.45) is 0 Å². The quantitative estimate of drug-likeness (QED) is 0.520. The van der Waals surface area contributed by atoms with Gasteiger partial charge in [-0.2, -0.15) is 11.8 Å². The van der Waals surface area contributed by atoms with Crippen molar-refractivity contribution < 1.29 is 14.7 Å².